The van der Waals surface area contributed by atoms with Gasteiger partial charge in [-0.15, -0.1) is 0 Å². The summed E-state index contributed by atoms with van der Waals surface area (Å²) in [5.74, 6) is 2.69. The lowest BCUT2D eigenvalue weighted by molar-refractivity contribution is -0.298. The average molecular weight is 468 g/mol. The van der Waals surface area contributed by atoms with Crippen LogP contribution in [0.4, 0.5) is 0 Å². The van der Waals surface area contributed by atoms with Gasteiger partial charge in [0.15, 0.2) is 0 Å². The monoisotopic (exact) mass is 467 g/mol. The maximum Gasteiger partial charge on any atom is 0.0934 e. The first-order valence-electron chi connectivity index (χ1n) is 14.7. The quantitative estimate of drug-likeness (QED) is 0.480. The summed E-state index contributed by atoms with van der Waals surface area (Å²) in [4.78, 5) is 0. The molecule has 2 bridgehead atoms. The van der Waals surface area contributed by atoms with E-state index in [1.54, 1.807) is 0 Å². The SMILES string of the molecule is CC1(C2CCCCC2)OC2(C3CC(CC4=CNC(N)C=C4)CC4(CCCC4)C3)CCC1C(N)C2. The highest BCUT2D eigenvalue weighted by Crippen LogP contribution is 2.63. The van der Waals surface area contributed by atoms with Gasteiger partial charge in [0, 0.05) is 18.2 Å². The van der Waals surface area contributed by atoms with E-state index < -0.39 is 0 Å². The fraction of sp³-hybridized carbons (Fsp3) is 0.867. The Morgan fingerprint density at radius 2 is 1.74 bits per heavy atom. The first kappa shape index (κ1) is 23.6. The maximum absolute atomic E-state index is 7.53. The van der Waals surface area contributed by atoms with Crippen molar-refractivity contribution in [3.05, 3.63) is 23.9 Å². The zero-order valence-corrected chi connectivity index (χ0v) is 21.6. The molecule has 6 fully saturated rings. The molecule has 190 valence electrons. The lowest BCUT2D eigenvalue weighted by atomic mass is 9.52. The highest BCUT2D eigenvalue weighted by atomic mass is 16.5. The topological polar surface area (TPSA) is 73.3 Å². The Balaban J connectivity index is 1.27. The van der Waals surface area contributed by atoms with E-state index in [-0.39, 0.29) is 17.4 Å². The van der Waals surface area contributed by atoms with Gasteiger partial charge < -0.3 is 21.5 Å². The Labute approximate surface area is 207 Å². The minimum absolute atomic E-state index is 0.000807. The van der Waals surface area contributed by atoms with Crippen LogP contribution in [0, 0.1) is 29.1 Å². The first-order valence-corrected chi connectivity index (χ1v) is 14.7. The molecule has 4 nitrogen and oxygen atoms in total. The van der Waals surface area contributed by atoms with Crippen LogP contribution in [-0.2, 0) is 4.74 Å². The van der Waals surface area contributed by atoms with E-state index in [4.69, 9.17) is 16.2 Å². The van der Waals surface area contributed by atoms with Crippen molar-refractivity contribution in [2.45, 2.75) is 133 Å². The highest BCUT2D eigenvalue weighted by molar-refractivity contribution is 5.24. The van der Waals surface area contributed by atoms with E-state index in [0.29, 0.717) is 29.2 Å². The van der Waals surface area contributed by atoms with Crippen molar-refractivity contribution in [2.75, 3.05) is 0 Å². The average Bonchev–Trinajstić information content (AvgIpc) is 3.28. The Kier molecular flexibility index (Phi) is 6.18. The van der Waals surface area contributed by atoms with Crippen LogP contribution in [0.15, 0.2) is 23.9 Å². The molecule has 7 unspecified atom stereocenters. The van der Waals surface area contributed by atoms with Gasteiger partial charge in [-0.2, -0.15) is 0 Å². The minimum atomic E-state index is -0.0345. The molecular weight excluding hydrogens is 418 g/mol. The van der Waals surface area contributed by atoms with E-state index in [1.165, 1.54) is 102 Å². The summed E-state index contributed by atoms with van der Waals surface area (Å²) in [5, 5.41) is 3.32. The Morgan fingerprint density at radius 1 is 0.941 bits per heavy atom. The summed E-state index contributed by atoms with van der Waals surface area (Å²) in [6, 6.07) is 0.323. The zero-order chi connectivity index (χ0) is 23.4. The summed E-state index contributed by atoms with van der Waals surface area (Å²) in [6.45, 7) is 2.48. The van der Waals surface area contributed by atoms with Gasteiger partial charge in [-0.3, -0.25) is 0 Å². The first-order chi connectivity index (χ1) is 16.4. The van der Waals surface area contributed by atoms with Crippen molar-refractivity contribution in [3.63, 3.8) is 0 Å². The van der Waals surface area contributed by atoms with E-state index >= 15 is 0 Å². The molecule has 4 saturated carbocycles. The van der Waals surface area contributed by atoms with Gasteiger partial charge >= 0.3 is 0 Å². The number of hydrogen-bond acceptors (Lipinski definition) is 4. The molecule has 0 amide bonds. The number of nitrogens with two attached hydrogens (primary N) is 2. The molecule has 34 heavy (non-hydrogen) atoms. The number of rotatable bonds is 4. The van der Waals surface area contributed by atoms with Gasteiger partial charge in [0.25, 0.3) is 0 Å². The number of ether oxygens (including phenoxy) is 1. The van der Waals surface area contributed by atoms with Crippen LogP contribution in [0.3, 0.4) is 0 Å². The Bertz CT molecular complexity index is 810. The zero-order valence-electron chi connectivity index (χ0n) is 21.6. The maximum atomic E-state index is 7.53. The van der Waals surface area contributed by atoms with Gasteiger partial charge in [0.2, 0.25) is 0 Å². The molecule has 7 aliphatic rings. The molecule has 4 heteroatoms. The second-order valence-electron chi connectivity index (χ2n) is 13.6. The van der Waals surface area contributed by atoms with Crippen LogP contribution in [-0.4, -0.2) is 23.4 Å². The van der Waals surface area contributed by atoms with E-state index in [2.05, 4.69) is 30.6 Å². The molecule has 4 aliphatic carbocycles. The van der Waals surface area contributed by atoms with Crippen molar-refractivity contribution in [1.82, 2.24) is 5.32 Å². The summed E-state index contributed by atoms with van der Waals surface area (Å²) in [5.41, 5.74) is 15.0. The summed E-state index contributed by atoms with van der Waals surface area (Å²) in [6.07, 6.45) is 28.0. The predicted octanol–water partition coefficient (Wildman–Crippen LogP) is 5.92. The van der Waals surface area contributed by atoms with Gasteiger partial charge in [-0.1, -0.05) is 38.2 Å². The smallest absolute Gasteiger partial charge is 0.0934 e. The molecule has 0 radical (unpaired) electrons. The van der Waals surface area contributed by atoms with Gasteiger partial charge in [0.1, 0.15) is 0 Å². The van der Waals surface area contributed by atoms with Crippen molar-refractivity contribution < 1.29 is 4.74 Å². The van der Waals surface area contributed by atoms with Crippen LogP contribution in [0.1, 0.15) is 110 Å². The van der Waals surface area contributed by atoms with E-state index in [9.17, 15) is 0 Å². The van der Waals surface area contributed by atoms with Crippen molar-refractivity contribution in [1.29, 1.82) is 0 Å². The fourth-order valence-corrected chi connectivity index (χ4v) is 9.96. The predicted molar refractivity (Wildman–Crippen MR) is 139 cm³/mol. The molecule has 2 saturated heterocycles. The normalized spacial score (nSPS) is 46.4. The number of hydrogen-bond donors (Lipinski definition) is 3. The minimum Gasteiger partial charge on any atom is -0.372 e. The van der Waals surface area contributed by atoms with Crippen molar-refractivity contribution in [3.8, 4) is 0 Å². The molecule has 5 N–H and O–H groups in total. The standard InChI is InChI=1S/C30H49N3O/c1-28(23-7-3-2-4-8-23)25-11-14-30(34-28,19-26(25)31)24-16-22(15-21-9-10-27(32)33-20-21)17-29(18-24)12-5-6-13-29/h9-10,20,22-27,33H,2-8,11-19,31-32H2,1H3. The second-order valence-corrected chi connectivity index (χ2v) is 13.6. The highest BCUT2D eigenvalue weighted by Gasteiger charge is 2.62. The van der Waals surface area contributed by atoms with Crippen molar-refractivity contribution >= 4 is 0 Å². The van der Waals surface area contributed by atoms with E-state index in [1.807, 2.05) is 0 Å². The second kappa shape index (κ2) is 8.92. The summed E-state index contributed by atoms with van der Waals surface area (Å²) < 4.78 is 7.53. The molecule has 0 aromatic carbocycles. The number of nitrogens with one attached hydrogen (secondary N) is 1. The third-order valence-corrected chi connectivity index (χ3v) is 11.5. The fourth-order valence-electron chi connectivity index (χ4n) is 9.96. The molecule has 1 spiro atoms. The summed E-state index contributed by atoms with van der Waals surface area (Å²) in [7, 11) is 0. The molecule has 3 aliphatic heterocycles. The largest absolute Gasteiger partial charge is 0.372 e. The molecule has 7 rings (SSSR count). The van der Waals surface area contributed by atoms with Crippen LogP contribution in [0.25, 0.3) is 0 Å². The Morgan fingerprint density at radius 3 is 2.44 bits per heavy atom. The lowest BCUT2D eigenvalue weighted by Gasteiger charge is -2.65. The number of allylic oxidation sites excluding steroid dienone is 2. The van der Waals surface area contributed by atoms with E-state index in [0.717, 1.165) is 12.3 Å². The molecular formula is C30H49N3O. The number of dihydropyridines is 1. The Hall–Kier alpha value is -0.840. The van der Waals surface area contributed by atoms with Gasteiger partial charge in [-0.05, 0) is 112 Å². The van der Waals surface area contributed by atoms with Crippen LogP contribution < -0.4 is 16.8 Å². The molecule has 0 aromatic heterocycles. The molecule has 3 heterocycles. The van der Waals surface area contributed by atoms with Crippen molar-refractivity contribution in [2.24, 2.45) is 40.6 Å². The third kappa shape index (κ3) is 4.10. The van der Waals surface area contributed by atoms with Gasteiger partial charge in [0.05, 0.1) is 17.4 Å². The summed E-state index contributed by atoms with van der Waals surface area (Å²) >= 11 is 0. The van der Waals surface area contributed by atoms with Gasteiger partial charge in [-0.25, -0.2) is 0 Å². The third-order valence-electron chi connectivity index (χ3n) is 11.5. The van der Waals surface area contributed by atoms with Crippen LogP contribution in [0.2, 0.25) is 0 Å². The molecule has 0 aromatic rings. The van der Waals surface area contributed by atoms with Crippen LogP contribution >= 0.6 is 0 Å². The molecule has 7 atom stereocenters. The van der Waals surface area contributed by atoms with Crippen LogP contribution in [0.5, 0.6) is 0 Å². The lowest BCUT2D eigenvalue weighted by Crippen LogP contribution is -2.69. The number of fused-ring (bicyclic) bond motifs is 3.